The number of hydrogen-bond donors (Lipinski definition) is 2. The molecule has 0 aromatic carbocycles. The van der Waals surface area contributed by atoms with Crippen molar-refractivity contribution in [1.29, 1.82) is 0 Å². The van der Waals surface area contributed by atoms with Gasteiger partial charge in [0, 0.05) is 18.7 Å². The second kappa shape index (κ2) is 7.21. The molecule has 1 aromatic heterocycles. The van der Waals surface area contributed by atoms with Crippen LogP contribution in [0.2, 0.25) is 0 Å². The van der Waals surface area contributed by atoms with Gasteiger partial charge in [-0.15, -0.1) is 0 Å². The maximum atomic E-state index is 11.1. The molecule has 1 aliphatic rings. The number of nitro groups is 1. The van der Waals surface area contributed by atoms with E-state index in [1.54, 1.807) is 6.07 Å². The predicted octanol–water partition coefficient (Wildman–Crippen LogP) is 2.32. The molecule has 2 N–H and O–H groups in total. The third-order valence-corrected chi connectivity index (χ3v) is 3.69. The van der Waals surface area contributed by atoms with Crippen molar-refractivity contribution in [3.63, 3.8) is 0 Å². The van der Waals surface area contributed by atoms with Gasteiger partial charge in [-0.3, -0.25) is 10.1 Å². The van der Waals surface area contributed by atoms with Crippen molar-refractivity contribution in [2.45, 2.75) is 32.2 Å². The average molecular weight is 293 g/mol. The Labute approximate surface area is 124 Å². The minimum absolute atomic E-state index is 0.0379. The third kappa shape index (κ3) is 4.29. The van der Waals surface area contributed by atoms with E-state index in [1.807, 2.05) is 0 Å². The van der Waals surface area contributed by atoms with Crippen LogP contribution in [0.3, 0.4) is 0 Å². The maximum absolute atomic E-state index is 11.1. The van der Waals surface area contributed by atoms with E-state index in [-0.39, 0.29) is 16.7 Å². The fraction of sp³-hybridized carbons (Fsp3) is 0.643. The number of aromatic nitrogens is 1. The molecule has 0 bridgehead atoms. The van der Waals surface area contributed by atoms with Gasteiger partial charge >= 0.3 is 5.69 Å². The molecule has 1 saturated heterocycles. The highest BCUT2D eigenvalue weighted by Crippen LogP contribution is 2.26. The Morgan fingerprint density at radius 2 is 2.14 bits per heavy atom. The largest absolute Gasteiger partial charge is 0.370 e. The van der Waals surface area contributed by atoms with E-state index < -0.39 is 0 Å². The standard InChI is InChI=1S/C14H23N5O2/c1-3-8-15-13-5-4-12(19(20)21)14(17-13)16-11-6-9-18(2)10-7-11/h4-5,11H,3,6-10H2,1-2H3,(H2,15,16,17). The number of nitrogens with one attached hydrogen (secondary N) is 2. The van der Waals surface area contributed by atoms with Crippen LogP contribution in [0.25, 0.3) is 0 Å². The Morgan fingerprint density at radius 1 is 1.43 bits per heavy atom. The minimum atomic E-state index is -0.381. The van der Waals surface area contributed by atoms with Crippen LogP contribution in [0, 0.1) is 10.1 Å². The van der Waals surface area contributed by atoms with Crippen LogP contribution in [0.1, 0.15) is 26.2 Å². The van der Waals surface area contributed by atoms with Crippen LogP contribution < -0.4 is 10.6 Å². The van der Waals surface area contributed by atoms with Crippen LogP contribution in [0.4, 0.5) is 17.3 Å². The maximum Gasteiger partial charge on any atom is 0.311 e. The lowest BCUT2D eigenvalue weighted by Gasteiger charge is -2.29. The lowest BCUT2D eigenvalue weighted by atomic mass is 10.1. The first-order chi connectivity index (χ1) is 10.1. The zero-order valence-electron chi connectivity index (χ0n) is 12.6. The smallest absolute Gasteiger partial charge is 0.311 e. The number of anilines is 2. The third-order valence-electron chi connectivity index (χ3n) is 3.69. The van der Waals surface area contributed by atoms with Gasteiger partial charge in [-0.25, -0.2) is 4.98 Å². The van der Waals surface area contributed by atoms with Crippen molar-refractivity contribution < 1.29 is 4.92 Å². The van der Waals surface area contributed by atoms with Crippen LogP contribution in [0.15, 0.2) is 12.1 Å². The van der Waals surface area contributed by atoms with Gasteiger partial charge < -0.3 is 15.5 Å². The fourth-order valence-corrected chi connectivity index (χ4v) is 2.40. The summed E-state index contributed by atoms with van der Waals surface area (Å²) in [6.07, 6.45) is 2.93. The fourth-order valence-electron chi connectivity index (χ4n) is 2.40. The Balaban J connectivity index is 2.12. The van der Waals surface area contributed by atoms with E-state index in [9.17, 15) is 10.1 Å². The zero-order valence-corrected chi connectivity index (χ0v) is 12.6. The normalized spacial score (nSPS) is 16.7. The van der Waals surface area contributed by atoms with E-state index in [4.69, 9.17) is 0 Å². The van der Waals surface area contributed by atoms with Crippen LogP contribution >= 0.6 is 0 Å². The summed E-state index contributed by atoms with van der Waals surface area (Å²) < 4.78 is 0. The summed E-state index contributed by atoms with van der Waals surface area (Å²) in [5.41, 5.74) is 0.0379. The number of pyridine rings is 1. The second-order valence-electron chi connectivity index (χ2n) is 5.47. The number of likely N-dealkylation sites (tertiary alicyclic amines) is 1. The summed E-state index contributed by atoms with van der Waals surface area (Å²) in [4.78, 5) is 17.4. The number of piperidine rings is 1. The quantitative estimate of drug-likeness (QED) is 0.618. The highest BCUT2D eigenvalue weighted by molar-refractivity contribution is 5.60. The van der Waals surface area contributed by atoms with Gasteiger partial charge in [-0.1, -0.05) is 6.92 Å². The Kier molecular flexibility index (Phi) is 5.32. The summed E-state index contributed by atoms with van der Waals surface area (Å²) in [7, 11) is 2.09. The first kappa shape index (κ1) is 15.5. The van der Waals surface area contributed by atoms with Crippen molar-refractivity contribution in [2.75, 3.05) is 37.3 Å². The van der Waals surface area contributed by atoms with E-state index >= 15 is 0 Å². The zero-order chi connectivity index (χ0) is 15.2. The van der Waals surface area contributed by atoms with Gasteiger partial charge in [-0.2, -0.15) is 0 Å². The molecular formula is C14H23N5O2. The average Bonchev–Trinajstić information content (AvgIpc) is 2.47. The monoisotopic (exact) mass is 293 g/mol. The van der Waals surface area contributed by atoms with Crippen LogP contribution in [0.5, 0.6) is 0 Å². The Hall–Kier alpha value is -1.89. The van der Waals surface area contributed by atoms with Gasteiger partial charge in [-0.05, 0) is 45.5 Å². The molecule has 1 fully saturated rings. The first-order valence-corrected chi connectivity index (χ1v) is 7.44. The Morgan fingerprint density at radius 3 is 2.76 bits per heavy atom. The van der Waals surface area contributed by atoms with E-state index in [0.717, 1.165) is 38.9 Å². The lowest BCUT2D eigenvalue weighted by molar-refractivity contribution is -0.384. The van der Waals surface area contributed by atoms with E-state index in [0.29, 0.717) is 11.6 Å². The predicted molar refractivity (Wildman–Crippen MR) is 83.8 cm³/mol. The Bertz CT molecular complexity index is 486. The summed E-state index contributed by atoms with van der Waals surface area (Å²) >= 11 is 0. The molecule has 7 nitrogen and oxygen atoms in total. The SMILES string of the molecule is CCCNc1ccc([N+](=O)[O-])c(NC2CCN(C)CC2)n1. The number of nitrogens with zero attached hydrogens (tertiary/aromatic N) is 3. The second-order valence-corrected chi connectivity index (χ2v) is 5.47. The molecule has 0 amide bonds. The molecule has 2 heterocycles. The van der Waals surface area contributed by atoms with Gasteiger partial charge in [0.15, 0.2) is 0 Å². The lowest BCUT2D eigenvalue weighted by Crippen LogP contribution is -2.37. The molecule has 0 unspecified atom stereocenters. The molecular weight excluding hydrogens is 270 g/mol. The van der Waals surface area contributed by atoms with Crippen LogP contribution in [-0.2, 0) is 0 Å². The summed E-state index contributed by atoms with van der Waals surface area (Å²) in [6, 6.07) is 3.42. The van der Waals surface area contributed by atoms with Gasteiger partial charge in [0.1, 0.15) is 5.82 Å². The van der Waals surface area contributed by atoms with E-state index in [2.05, 4.69) is 34.5 Å². The summed E-state index contributed by atoms with van der Waals surface area (Å²) in [6.45, 7) is 4.87. The van der Waals surface area contributed by atoms with Crippen molar-refractivity contribution in [3.8, 4) is 0 Å². The minimum Gasteiger partial charge on any atom is -0.370 e. The molecule has 0 atom stereocenters. The number of rotatable bonds is 6. The van der Waals surface area contributed by atoms with Crippen LogP contribution in [-0.4, -0.2) is 47.5 Å². The molecule has 21 heavy (non-hydrogen) atoms. The number of hydrogen-bond acceptors (Lipinski definition) is 6. The van der Waals surface area contributed by atoms with Gasteiger partial charge in [0.2, 0.25) is 5.82 Å². The van der Waals surface area contributed by atoms with Gasteiger partial charge in [0.25, 0.3) is 0 Å². The highest BCUT2D eigenvalue weighted by Gasteiger charge is 2.22. The highest BCUT2D eigenvalue weighted by atomic mass is 16.6. The molecule has 0 spiro atoms. The summed E-state index contributed by atoms with van der Waals surface area (Å²) in [5, 5.41) is 17.5. The molecule has 7 heteroatoms. The molecule has 0 saturated carbocycles. The van der Waals surface area contributed by atoms with E-state index in [1.165, 1.54) is 6.07 Å². The van der Waals surface area contributed by atoms with Crippen molar-refractivity contribution in [1.82, 2.24) is 9.88 Å². The molecule has 2 rings (SSSR count). The summed E-state index contributed by atoms with van der Waals surface area (Å²) in [5.74, 6) is 1.05. The van der Waals surface area contributed by atoms with Crippen molar-refractivity contribution in [3.05, 3.63) is 22.2 Å². The first-order valence-electron chi connectivity index (χ1n) is 7.44. The molecule has 116 valence electrons. The van der Waals surface area contributed by atoms with Crippen molar-refractivity contribution in [2.24, 2.45) is 0 Å². The van der Waals surface area contributed by atoms with Gasteiger partial charge in [0.05, 0.1) is 4.92 Å². The van der Waals surface area contributed by atoms with Crippen molar-refractivity contribution >= 4 is 17.3 Å². The molecule has 1 aliphatic heterocycles. The molecule has 0 radical (unpaired) electrons. The molecule has 0 aliphatic carbocycles. The topological polar surface area (TPSA) is 83.3 Å². The molecule has 1 aromatic rings.